The lowest BCUT2D eigenvalue weighted by Crippen LogP contribution is -2.20. The molecule has 2 aliphatic rings. The first-order valence-electron chi connectivity index (χ1n) is 8.55. The SMILES string of the molecule is NC1=CCC(c2cc(=NC3CC3)n3ncc(=Cc4sc(=O)[nH]c4O)c3n2)S1. The highest BCUT2D eigenvalue weighted by molar-refractivity contribution is 8.03. The van der Waals surface area contributed by atoms with Crippen molar-refractivity contribution in [3.05, 3.63) is 54.3 Å². The van der Waals surface area contributed by atoms with Gasteiger partial charge in [-0.05, 0) is 25.3 Å². The van der Waals surface area contributed by atoms with Crippen molar-refractivity contribution >= 4 is 34.8 Å². The number of aromatic nitrogens is 4. The Balaban J connectivity index is 1.72. The number of hydrogen-bond donors (Lipinski definition) is 3. The molecule has 1 fully saturated rings. The van der Waals surface area contributed by atoms with Gasteiger partial charge in [0.05, 0.1) is 33.1 Å². The number of aromatic hydroxyl groups is 1. The van der Waals surface area contributed by atoms with Gasteiger partial charge in [-0.3, -0.25) is 14.8 Å². The number of allylic oxidation sites excluding steroid dienone is 1. The van der Waals surface area contributed by atoms with E-state index in [4.69, 9.17) is 15.7 Å². The molecule has 0 aromatic carbocycles. The third-order valence-electron chi connectivity index (χ3n) is 4.45. The van der Waals surface area contributed by atoms with Gasteiger partial charge in [-0.25, -0.2) is 4.98 Å². The fraction of sp³-hybridized carbons (Fsp3) is 0.294. The number of aromatic amines is 1. The lowest BCUT2D eigenvalue weighted by atomic mass is 10.2. The molecule has 4 N–H and O–H groups in total. The molecule has 3 aromatic rings. The van der Waals surface area contributed by atoms with Crippen molar-refractivity contribution in [1.82, 2.24) is 19.6 Å². The van der Waals surface area contributed by atoms with E-state index in [0.717, 1.165) is 52.0 Å². The minimum atomic E-state index is -0.308. The van der Waals surface area contributed by atoms with Gasteiger partial charge in [-0.2, -0.15) is 9.61 Å². The molecule has 27 heavy (non-hydrogen) atoms. The van der Waals surface area contributed by atoms with Crippen molar-refractivity contribution in [2.24, 2.45) is 10.7 Å². The van der Waals surface area contributed by atoms with Crippen LogP contribution < -0.4 is 21.3 Å². The van der Waals surface area contributed by atoms with Gasteiger partial charge in [-0.1, -0.05) is 29.2 Å². The largest absolute Gasteiger partial charge is 0.493 e. The lowest BCUT2D eigenvalue weighted by Gasteiger charge is -2.09. The molecule has 5 rings (SSSR count). The Morgan fingerprint density at radius 1 is 1.44 bits per heavy atom. The molecular weight excluding hydrogens is 384 g/mol. The number of thioether (sulfide) groups is 1. The fourth-order valence-corrected chi connectivity index (χ4v) is 4.60. The predicted molar refractivity (Wildman–Crippen MR) is 104 cm³/mol. The van der Waals surface area contributed by atoms with Gasteiger partial charge in [0.2, 0.25) is 5.88 Å². The Labute approximate surface area is 161 Å². The molecule has 0 amide bonds. The average Bonchev–Trinajstić information content (AvgIpc) is 3.04. The molecule has 0 spiro atoms. The van der Waals surface area contributed by atoms with Crippen molar-refractivity contribution in [2.75, 3.05) is 0 Å². The molecule has 10 heteroatoms. The predicted octanol–water partition coefficient (Wildman–Crippen LogP) is 0.774. The van der Waals surface area contributed by atoms with Crippen molar-refractivity contribution in [3.8, 4) is 5.88 Å². The normalized spacial score (nSPS) is 21.3. The van der Waals surface area contributed by atoms with E-state index >= 15 is 0 Å². The van der Waals surface area contributed by atoms with Crippen LogP contribution in [-0.4, -0.2) is 30.7 Å². The summed E-state index contributed by atoms with van der Waals surface area (Å²) in [7, 11) is 0. The molecular formula is C17H16N6O2S2. The first kappa shape index (κ1) is 16.6. The first-order valence-corrected chi connectivity index (χ1v) is 10.2. The Morgan fingerprint density at radius 2 is 2.30 bits per heavy atom. The Kier molecular flexibility index (Phi) is 3.83. The van der Waals surface area contributed by atoms with Crippen molar-refractivity contribution < 1.29 is 5.11 Å². The summed E-state index contributed by atoms with van der Waals surface area (Å²) < 4.78 is 1.72. The summed E-state index contributed by atoms with van der Waals surface area (Å²) in [5.41, 5.74) is 8.26. The number of thiazole rings is 1. The van der Waals surface area contributed by atoms with Crippen LogP contribution in [0.4, 0.5) is 0 Å². The van der Waals surface area contributed by atoms with Crippen LogP contribution >= 0.6 is 23.1 Å². The zero-order valence-corrected chi connectivity index (χ0v) is 15.8. The molecule has 1 aliphatic heterocycles. The summed E-state index contributed by atoms with van der Waals surface area (Å²) in [6.07, 6.45) is 8.42. The maximum absolute atomic E-state index is 11.5. The summed E-state index contributed by atoms with van der Waals surface area (Å²) in [5, 5.41) is 16.0. The Morgan fingerprint density at radius 3 is 2.96 bits per heavy atom. The van der Waals surface area contributed by atoms with Crippen molar-refractivity contribution in [1.29, 1.82) is 0 Å². The number of H-pyrrole nitrogens is 1. The van der Waals surface area contributed by atoms with Gasteiger partial charge in [-0.15, -0.1) is 0 Å². The number of rotatable bonds is 3. The van der Waals surface area contributed by atoms with E-state index in [1.165, 1.54) is 0 Å². The van der Waals surface area contributed by atoms with Crippen LogP contribution in [0.2, 0.25) is 0 Å². The van der Waals surface area contributed by atoms with Gasteiger partial charge in [0.1, 0.15) is 0 Å². The highest BCUT2D eigenvalue weighted by Crippen LogP contribution is 2.40. The molecule has 1 unspecified atom stereocenters. The van der Waals surface area contributed by atoms with Crippen LogP contribution in [0.15, 0.2) is 33.2 Å². The van der Waals surface area contributed by atoms with Gasteiger partial charge in [0.25, 0.3) is 0 Å². The summed E-state index contributed by atoms with van der Waals surface area (Å²) in [4.78, 5) is 23.6. The molecule has 8 nitrogen and oxygen atoms in total. The van der Waals surface area contributed by atoms with E-state index in [1.807, 2.05) is 12.1 Å². The van der Waals surface area contributed by atoms with E-state index < -0.39 is 0 Å². The number of fused-ring (bicyclic) bond motifs is 1. The van der Waals surface area contributed by atoms with Crippen LogP contribution in [0, 0.1) is 0 Å². The third kappa shape index (κ3) is 3.15. The molecule has 0 saturated heterocycles. The van der Waals surface area contributed by atoms with Crippen LogP contribution in [0.3, 0.4) is 0 Å². The minimum absolute atomic E-state index is 0.147. The first-order chi connectivity index (χ1) is 13.1. The van der Waals surface area contributed by atoms with Gasteiger partial charge >= 0.3 is 4.87 Å². The van der Waals surface area contributed by atoms with Gasteiger partial charge in [0.15, 0.2) is 11.1 Å². The zero-order chi connectivity index (χ0) is 18.5. The Bertz CT molecular complexity index is 1250. The number of nitrogens with one attached hydrogen (secondary N) is 1. The smallest absolute Gasteiger partial charge is 0.307 e. The molecule has 1 saturated carbocycles. The van der Waals surface area contributed by atoms with Crippen LogP contribution in [0.25, 0.3) is 11.7 Å². The minimum Gasteiger partial charge on any atom is -0.493 e. The summed E-state index contributed by atoms with van der Waals surface area (Å²) in [5.74, 6) is -0.147. The van der Waals surface area contributed by atoms with Gasteiger partial charge < -0.3 is 10.8 Å². The monoisotopic (exact) mass is 400 g/mol. The van der Waals surface area contributed by atoms with Crippen LogP contribution in [0.1, 0.15) is 35.1 Å². The molecule has 1 atom stereocenters. The summed E-state index contributed by atoms with van der Waals surface area (Å²) in [6, 6.07) is 2.33. The van der Waals surface area contributed by atoms with Crippen molar-refractivity contribution in [3.63, 3.8) is 0 Å². The molecule has 0 bridgehead atoms. The second-order valence-corrected chi connectivity index (χ2v) is 8.85. The Hall–Kier alpha value is -2.59. The van der Waals surface area contributed by atoms with E-state index in [-0.39, 0.29) is 16.0 Å². The van der Waals surface area contributed by atoms with E-state index in [1.54, 1.807) is 28.6 Å². The van der Waals surface area contributed by atoms with E-state index in [9.17, 15) is 9.90 Å². The topological polar surface area (TPSA) is 122 Å². The molecule has 138 valence electrons. The molecule has 0 radical (unpaired) electrons. The van der Waals surface area contributed by atoms with E-state index in [0.29, 0.717) is 16.6 Å². The maximum Gasteiger partial charge on any atom is 0.307 e. The summed E-state index contributed by atoms with van der Waals surface area (Å²) >= 11 is 2.54. The second-order valence-electron chi connectivity index (χ2n) is 6.56. The molecule has 3 aromatic heterocycles. The number of nitrogens with two attached hydrogens (primary N) is 1. The lowest BCUT2D eigenvalue weighted by molar-refractivity contribution is 0.455. The fourth-order valence-electron chi connectivity index (χ4n) is 2.97. The highest BCUT2D eigenvalue weighted by Gasteiger charge is 2.23. The molecule has 4 heterocycles. The zero-order valence-electron chi connectivity index (χ0n) is 14.1. The summed E-state index contributed by atoms with van der Waals surface area (Å²) in [6.45, 7) is 0. The van der Waals surface area contributed by atoms with Crippen molar-refractivity contribution in [2.45, 2.75) is 30.6 Å². The highest BCUT2D eigenvalue weighted by atomic mass is 32.2. The molecule has 1 aliphatic carbocycles. The van der Waals surface area contributed by atoms with Crippen LogP contribution in [0.5, 0.6) is 5.88 Å². The maximum atomic E-state index is 11.5. The van der Waals surface area contributed by atoms with Gasteiger partial charge in [0, 0.05) is 11.3 Å². The quantitative estimate of drug-likeness (QED) is 0.597. The van der Waals surface area contributed by atoms with E-state index in [2.05, 4.69) is 10.1 Å². The number of hydrogen-bond acceptors (Lipinski definition) is 8. The number of nitrogens with zero attached hydrogens (tertiary/aromatic N) is 4. The average molecular weight is 400 g/mol. The third-order valence-corrected chi connectivity index (χ3v) is 6.42. The standard InChI is InChI=1S/C17H16N6O2S2/c18-13-4-3-11(26-13)10-6-14(20-9-1-2-9)23-15(21-10)8(7-19-23)5-12-16(24)22-17(25)27-12/h4-7,9,11,24H,1-3,18H2,(H,22,25). The van der Waals surface area contributed by atoms with Crippen LogP contribution in [-0.2, 0) is 0 Å². The second kappa shape index (κ2) is 6.24.